The molecule has 1 aliphatic rings. The van der Waals surface area contributed by atoms with Crippen molar-refractivity contribution >= 4 is 16.9 Å². The summed E-state index contributed by atoms with van der Waals surface area (Å²) in [5, 5.41) is 10.1. The van der Waals surface area contributed by atoms with Gasteiger partial charge in [0.2, 0.25) is 0 Å². The number of nitrogens with zero attached hydrogens (tertiary/aromatic N) is 1. The number of carboxylic acid groups (broad SMARTS) is 1. The first-order valence-corrected chi connectivity index (χ1v) is 9.24. The van der Waals surface area contributed by atoms with Crippen molar-refractivity contribution in [2.24, 2.45) is 5.92 Å². The lowest BCUT2D eigenvalue weighted by molar-refractivity contribution is -0.136. The van der Waals surface area contributed by atoms with Crippen molar-refractivity contribution in [1.29, 1.82) is 0 Å². The molecule has 26 heavy (non-hydrogen) atoms. The lowest BCUT2D eigenvalue weighted by Gasteiger charge is -2.16. The number of benzene rings is 2. The Morgan fingerprint density at radius 2 is 1.85 bits per heavy atom. The van der Waals surface area contributed by atoms with Crippen LogP contribution >= 0.6 is 0 Å². The third-order valence-electron chi connectivity index (χ3n) is 5.30. The first-order chi connectivity index (χ1) is 12.7. The van der Waals surface area contributed by atoms with E-state index in [1.807, 2.05) is 18.3 Å². The van der Waals surface area contributed by atoms with Crippen molar-refractivity contribution in [3.05, 3.63) is 71.4 Å². The minimum Gasteiger partial charge on any atom is -0.481 e. The van der Waals surface area contributed by atoms with Crippen LogP contribution in [-0.2, 0) is 24.2 Å². The van der Waals surface area contributed by atoms with Crippen molar-refractivity contribution in [1.82, 2.24) is 9.88 Å². The molecule has 0 radical (unpaired) electrons. The minimum atomic E-state index is -0.776. The number of aromatic amines is 1. The van der Waals surface area contributed by atoms with E-state index in [2.05, 4.69) is 46.3 Å². The van der Waals surface area contributed by atoms with Crippen molar-refractivity contribution < 1.29 is 9.90 Å². The molecule has 4 rings (SSSR count). The van der Waals surface area contributed by atoms with Gasteiger partial charge in [0.05, 0.1) is 6.42 Å². The smallest absolute Gasteiger partial charge is 0.307 e. The number of rotatable bonds is 6. The maximum absolute atomic E-state index is 10.8. The minimum absolute atomic E-state index is 0.0998. The Kier molecular flexibility index (Phi) is 4.76. The molecule has 4 heteroatoms. The fourth-order valence-electron chi connectivity index (χ4n) is 3.98. The molecule has 0 aliphatic carbocycles. The molecule has 0 saturated carbocycles. The predicted octanol–water partition coefficient (Wildman–Crippen LogP) is 3.86. The summed E-state index contributed by atoms with van der Waals surface area (Å²) in [5.41, 5.74) is 4.74. The Hall–Kier alpha value is -2.59. The number of aliphatic carboxylic acids is 1. The topological polar surface area (TPSA) is 56.3 Å². The molecule has 134 valence electrons. The lowest BCUT2D eigenvalue weighted by atomic mass is 9.97. The van der Waals surface area contributed by atoms with E-state index in [0.717, 1.165) is 31.6 Å². The first-order valence-electron chi connectivity index (χ1n) is 9.24. The zero-order valence-corrected chi connectivity index (χ0v) is 14.8. The van der Waals surface area contributed by atoms with Gasteiger partial charge < -0.3 is 10.1 Å². The number of hydrogen-bond donors (Lipinski definition) is 2. The summed E-state index contributed by atoms with van der Waals surface area (Å²) in [6, 6.07) is 16.8. The highest BCUT2D eigenvalue weighted by Crippen LogP contribution is 2.24. The normalized spacial score (nSPS) is 17.8. The number of carboxylic acids is 1. The fourth-order valence-corrected chi connectivity index (χ4v) is 3.98. The second-order valence-electron chi connectivity index (χ2n) is 7.38. The molecule has 1 fully saturated rings. The monoisotopic (exact) mass is 348 g/mol. The number of H-pyrrole nitrogens is 1. The summed E-state index contributed by atoms with van der Waals surface area (Å²) in [7, 11) is 0. The second kappa shape index (κ2) is 7.34. The van der Waals surface area contributed by atoms with Crippen molar-refractivity contribution in [2.75, 3.05) is 13.1 Å². The number of aromatic nitrogens is 1. The van der Waals surface area contributed by atoms with E-state index < -0.39 is 5.97 Å². The van der Waals surface area contributed by atoms with Crippen LogP contribution in [0.15, 0.2) is 54.7 Å². The number of carbonyl (C=O) groups is 1. The van der Waals surface area contributed by atoms with Crippen molar-refractivity contribution in [2.45, 2.75) is 25.8 Å². The average molecular weight is 348 g/mol. The molecule has 1 aliphatic heterocycles. The lowest BCUT2D eigenvalue weighted by Crippen LogP contribution is -2.20. The quantitative estimate of drug-likeness (QED) is 0.711. The third kappa shape index (κ3) is 3.97. The number of fused-ring (bicyclic) bond motifs is 1. The van der Waals surface area contributed by atoms with Crippen LogP contribution in [0, 0.1) is 5.92 Å². The Labute approximate surface area is 153 Å². The highest BCUT2D eigenvalue weighted by atomic mass is 16.4. The van der Waals surface area contributed by atoms with Gasteiger partial charge in [-0.05, 0) is 59.5 Å². The molecule has 1 unspecified atom stereocenters. The predicted molar refractivity (Wildman–Crippen MR) is 103 cm³/mol. The van der Waals surface area contributed by atoms with Gasteiger partial charge in [0.15, 0.2) is 0 Å². The molecule has 2 N–H and O–H groups in total. The van der Waals surface area contributed by atoms with Crippen LogP contribution in [0.4, 0.5) is 0 Å². The van der Waals surface area contributed by atoms with E-state index in [-0.39, 0.29) is 6.42 Å². The number of likely N-dealkylation sites (tertiary alicyclic amines) is 1. The number of hydrogen-bond acceptors (Lipinski definition) is 2. The fraction of sp³-hybridized carbons (Fsp3) is 0.318. The molecule has 3 aromatic rings. The van der Waals surface area contributed by atoms with E-state index in [4.69, 9.17) is 5.11 Å². The van der Waals surface area contributed by atoms with Gasteiger partial charge >= 0.3 is 5.97 Å². The van der Waals surface area contributed by atoms with Crippen LogP contribution in [0.2, 0.25) is 0 Å². The number of nitrogens with one attached hydrogen (secondary N) is 1. The van der Waals surface area contributed by atoms with Crippen LogP contribution in [-0.4, -0.2) is 34.0 Å². The molecule has 0 amide bonds. The molecule has 0 spiro atoms. The molecule has 2 aromatic carbocycles. The molecular formula is C22H24N2O2. The van der Waals surface area contributed by atoms with Crippen molar-refractivity contribution in [3.8, 4) is 0 Å². The second-order valence-corrected chi connectivity index (χ2v) is 7.38. The molecule has 1 aromatic heterocycles. The summed E-state index contributed by atoms with van der Waals surface area (Å²) in [6.45, 7) is 3.27. The van der Waals surface area contributed by atoms with Gasteiger partial charge in [-0.2, -0.15) is 0 Å². The van der Waals surface area contributed by atoms with Gasteiger partial charge in [-0.3, -0.25) is 9.69 Å². The van der Waals surface area contributed by atoms with Crippen LogP contribution in [0.1, 0.15) is 23.1 Å². The Morgan fingerprint density at radius 3 is 2.65 bits per heavy atom. The van der Waals surface area contributed by atoms with E-state index in [9.17, 15) is 4.79 Å². The van der Waals surface area contributed by atoms with Gasteiger partial charge in [-0.25, -0.2) is 0 Å². The van der Waals surface area contributed by atoms with Crippen LogP contribution in [0.3, 0.4) is 0 Å². The average Bonchev–Trinajstić information content (AvgIpc) is 3.25. The van der Waals surface area contributed by atoms with Gasteiger partial charge in [0, 0.05) is 24.8 Å². The Morgan fingerprint density at radius 1 is 1.08 bits per heavy atom. The van der Waals surface area contributed by atoms with E-state index >= 15 is 0 Å². The van der Waals surface area contributed by atoms with E-state index in [1.54, 1.807) is 0 Å². The zero-order chi connectivity index (χ0) is 17.9. The van der Waals surface area contributed by atoms with Gasteiger partial charge in [-0.1, -0.05) is 36.4 Å². The molecule has 1 saturated heterocycles. The maximum Gasteiger partial charge on any atom is 0.307 e. The van der Waals surface area contributed by atoms with E-state index in [1.165, 1.54) is 28.5 Å². The maximum atomic E-state index is 10.8. The van der Waals surface area contributed by atoms with Crippen molar-refractivity contribution in [3.63, 3.8) is 0 Å². The summed E-state index contributed by atoms with van der Waals surface area (Å²) >= 11 is 0. The summed E-state index contributed by atoms with van der Waals surface area (Å²) < 4.78 is 0. The summed E-state index contributed by atoms with van der Waals surface area (Å²) in [4.78, 5) is 16.6. The highest BCUT2D eigenvalue weighted by molar-refractivity contribution is 5.79. The van der Waals surface area contributed by atoms with Gasteiger partial charge in [-0.15, -0.1) is 0 Å². The summed E-state index contributed by atoms with van der Waals surface area (Å²) in [5.74, 6) is -0.101. The largest absolute Gasteiger partial charge is 0.481 e. The van der Waals surface area contributed by atoms with Crippen LogP contribution < -0.4 is 0 Å². The Bertz CT molecular complexity index is 898. The zero-order valence-electron chi connectivity index (χ0n) is 14.8. The molecule has 1 atom stereocenters. The Balaban J connectivity index is 1.32. The van der Waals surface area contributed by atoms with Gasteiger partial charge in [0.1, 0.15) is 0 Å². The summed E-state index contributed by atoms with van der Waals surface area (Å²) in [6.07, 6.45) is 4.38. The first kappa shape index (κ1) is 16.9. The van der Waals surface area contributed by atoms with Crippen LogP contribution in [0.5, 0.6) is 0 Å². The van der Waals surface area contributed by atoms with E-state index in [0.29, 0.717) is 5.92 Å². The third-order valence-corrected chi connectivity index (χ3v) is 5.30. The van der Waals surface area contributed by atoms with Crippen LogP contribution in [0.25, 0.3) is 10.9 Å². The SMILES string of the molecule is O=C(O)Cc1ccc(CC2CCN(Cc3ccc4cc[nH]c4c3)C2)cc1. The molecular weight excluding hydrogens is 324 g/mol. The standard InChI is InChI=1S/C22H24N2O2/c25-22(26)13-17-3-1-16(2-4-17)11-19-8-10-24(15-19)14-18-5-6-20-7-9-23-21(20)12-18/h1-7,9,12,19,23H,8,10-11,13-15H2,(H,25,26). The molecule has 4 nitrogen and oxygen atoms in total. The van der Waals surface area contributed by atoms with Gasteiger partial charge in [0.25, 0.3) is 0 Å². The highest BCUT2D eigenvalue weighted by Gasteiger charge is 2.22. The molecule has 2 heterocycles. The molecule has 0 bridgehead atoms.